The lowest BCUT2D eigenvalue weighted by atomic mass is 9.77. The molecule has 3 rings (SSSR count). The molecule has 2 aliphatic rings. The van der Waals surface area contributed by atoms with Gasteiger partial charge in [0.2, 0.25) is 0 Å². The molecule has 1 saturated heterocycles. The van der Waals surface area contributed by atoms with Gasteiger partial charge in [0.25, 0.3) is 0 Å². The maximum Gasteiger partial charge on any atom is 0.327 e. The average Bonchev–Trinajstić information content (AvgIpc) is 2.66. The van der Waals surface area contributed by atoms with Crippen molar-refractivity contribution in [2.75, 3.05) is 13.2 Å². The molecule has 1 aliphatic heterocycles. The maximum absolute atomic E-state index is 14.0. The normalized spacial score (nSPS) is 28.5. The first-order chi connectivity index (χ1) is 13.8. The van der Waals surface area contributed by atoms with E-state index in [2.05, 4.69) is 6.92 Å². The van der Waals surface area contributed by atoms with E-state index in [1.54, 1.807) is 0 Å². The lowest BCUT2D eigenvalue weighted by Crippen LogP contribution is -2.28. The number of halogens is 5. The molecule has 29 heavy (non-hydrogen) atoms. The van der Waals surface area contributed by atoms with Crippen LogP contribution in [0.15, 0.2) is 12.1 Å². The molecule has 2 fully saturated rings. The minimum Gasteiger partial charge on any atom is -0.348 e. The van der Waals surface area contributed by atoms with Gasteiger partial charge in [0.05, 0.1) is 13.2 Å². The standard InChI is InChI=1S/C22H29F4IO2/c1-2-3-14-4-6-15(7-5-14)8-9-16-12-28-21(29-13-16)17-10-18(23)20(19(24)11-17)22(25,26)27/h10-11,14-16,21H,2-9,12-13H2,1H3. The van der Waals surface area contributed by atoms with E-state index in [4.69, 9.17) is 9.47 Å². The van der Waals surface area contributed by atoms with Crippen molar-refractivity contribution in [1.82, 2.24) is 0 Å². The monoisotopic (exact) mass is 528 g/mol. The van der Waals surface area contributed by atoms with Crippen molar-refractivity contribution < 1.29 is 27.0 Å². The highest BCUT2D eigenvalue weighted by Crippen LogP contribution is 2.40. The second-order valence-corrected chi connectivity index (χ2v) is 9.83. The van der Waals surface area contributed by atoms with Crippen molar-refractivity contribution in [1.29, 1.82) is 0 Å². The molecule has 0 atom stereocenters. The zero-order valence-corrected chi connectivity index (χ0v) is 18.9. The summed E-state index contributed by atoms with van der Waals surface area (Å²) in [6.45, 7) is 3.14. The average molecular weight is 528 g/mol. The van der Waals surface area contributed by atoms with Crippen LogP contribution in [-0.2, 0) is 13.4 Å². The van der Waals surface area contributed by atoms with Crippen LogP contribution in [0.3, 0.4) is 0 Å². The van der Waals surface area contributed by atoms with E-state index in [1.807, 2.05) is 0 Å². The number of hydrogen-bond acceptors (Lipinski definition) is 2. The number of benzene rings is 1. The third-order valence-corrected chi connectivity index (χ3v) is 6.77. The quantitative estimate of drug-likeness (QED) is 0.207. The van der Waals surface area contributed by atoms with E-state index in [1.165, 1.54) is 38.5 Å². The third-order valence-electron chi connectivity index (χ3n) is 6.23. The summed E-state index contributed by atoms with van der Waals surface area (Å²) >= 11 is 0.719. The second kappa shape index (κ2) is 10.3. The summed E-state index contributed by atoms with van der Waals surface area (Å²) < 4.78 is 62.4. The second-order valence-electron chi connectivity index (χ2n) is 8.47. The van der Waals surface area contributed by atoms with Gasteiger partial charge in [-0.25, -0.2) is 8.78 Å². The number of hydrogen-bond donors (Lipinski definition) is 0. The first-order valence-corrected chi connectivity index (χ1v) is 11.6. The van der Waals surface area contributed by atoms with E-state index < -0.39 is 27.4 Å². The lowest BCUT2D eigenvalue weighted by molar-refractivity contribution is -0.206. The first kappa shape index (κ1) is 23.3. The predicted octanol–water partition coefficient (Wildman–Crippen LogP) is 7.50. The van der Waals surface area contributed by atoms with Crippen LogP contribution >= 0.6 is 22.6 Å². The molecule has 1 aromatic rings. The van der Waals surface area contributed by atoms with Gasteiger partial charge in [-0.2, -0.15) is 8.78 Å². The molecule has 1 aromatic carbocycles. The Hall–Kier alpha value is -0.410. The van der Waals surface area contributed by atoms with Gasteiger partial charge >= 0.3 is 3.93 Å². The molecule has 0 N–H and O–H groups in total. The summed E-state index contributed by atoms with van der Waals surface area (Å²) in [7, 11) is 0. The van der Waals surface area contributed by atoms with E-state index in [9.17, 15) is 17.6 Å². The summed E-state index contributed by atoms with van der Waals surface area (Å²) in [6.07, 6.45) is 9.13. The van der Waals surface area contributed by atoms with Crippen LogP contribution in [-0.4, -0.2) is 13.2 Å². The van der Waals surface area contributed by atoms with E-state index in [0.717, 1.165) is 59.4 Å². The van der Waals surface area contributed by atoms with E-state index in [0.29, 0.717) is 13.2 Å². The zero-order chi connectivity index (χ0) is 21.0. The Morgan fingerprint density at radius 1 is 0.897 bits per heavy atom. The molecule has 0 bridgehead atoms. The molecular formula is C22H29F4IO2. The molecule has 164 valence electrons. The summed E-state index contributed by atoms with van der Waals surface area (Å²) in [4.78, 5) is 0. The lowest BCUT2D eigenvalue weighted by Gasteiger charge is -2.32. The maximum atomic E-state index is 14.0. The largest absolute Gasteiger partial charge is 0.348 e. The number of rotatable bonds is 7. The third kappa shape index (κ3) is 6.29. The molecule has 0 unspecified atom stereocenters. The van der Waals surface area contributed by atoms with Gasteiger partial charge in [0, 0.05) is 34.1 Å². The van der Waals surface area contributed by atoms with Gasteiger partial charge < -0.3 is 9.47 Å². The van der Waals surface area contributed by atoms with Crippen molar-refractivity contribution in [2.24, 2.45) is 17.8 Å². The van der Waals surface area contributed by atoms with Crippen molar-refractivity contribution in [3.63, 3.8) is 0 Å². The van der Waals surface area contributed by atoms with Gasteiger partial charge in [-0.05, 0) is 30.4 Å². The summed E-state index contributed by atoms with van der Waals surface area (Å²) in [6, 6.07) is 1.76. The van der Waals surface area contributed by atoms with Gasteiger partial charge in [-0.15, -0.1) is 0 Å². The molecule has 0 radical (unpaired) electrons. The smallest absolute Gasteiger partial charge is 0.327 e. The molecule has 2 nitrogen and oxygen atoms in total. The van der Waals surface area contributed by atoms with Crippen molar-refractivity contribution in [2.45, 2.75) is 68.5 Å². The first-order valence-electron chi connectivity index (χ1n) is 10.6. The SMILES string of the molecule is CCCC1CCC(CCC2COC(c3cc(F)c(C(F)(F)I)c(F)c3)OC2)CC1. The Labute approximate surface area is 183 Å². The molecule has 1 saturated carbocycles. The molecule has 0 amide bonds. The minimum absolute atomic E-state index is 0.0945. The van der Waals surface area contributed by atoms with Crippen molar-refractivity contribution >= 4 is 22.6 Å². The highest BCUT2D eigenvalue weighted by Gasteiger charge is 2.36. The molecule has 0 spiro atoms. The number of alkyl halides is 3. The Bertz CT molecular complexity index is 640. The van der Waals surface area contributed by atoms with Gasteiger partial charge in [-0.1, -0.05) is 51.9 Å². The Morgan fingerprint density at radius 2 is 1.38 bits per heavy atom. The molecular weight excluding hydrogens is 499 g/mol. The van der Waals surface area contributed by atoms with Gasteiger partial charge in [0.15, 0.2) is 6.29 Å². The predicted molar refractivity (Wildman–Crippen MR) is 112 cm³/mol. The zero-order valence-electron chi connectivity index (χ0n) is 16.7. The highest BCUT2D eigenvalue weighted by molar-refractivity contribution is 14.1. The minimum atomic E-state index is -3.61. The highest BCUT2D eigenvalue weighted by atomic mass is 127. The Balaban J connectivity index is 1.46. The van der Waals surface area contributed by atoms with E-state index >= 15 is 0 Å². The van der Waals surface area contributed by atoms with Gasteiger partial charge in [-0.3, -0.25) is 0 Å². The molecule has 7 heteroatoms. The summed E-state index contributed by atoms with van der Waals surface area (Å²) in [5.74, 6) is -0.642. The fourth-order valence-electron chi connectivity index (χ4n) is 4.59. The van der Waals surface area contributed by atoms with E-state index in [-0.39, 0.29) is 11.5 Å². The fraction of sp³-hybridized carbons (Fsp3) is 0.727. The van der Waals surface area contributed by atoms with Crippen LogP contribution in [0.25, 0.3) is 0 Å². The molecule has 1 heterocycles. The number of ether oxygens (including phenoxy) is 2. The molecule has 0 aromatic heterocycles. The fourth-order valence-corrected chi connectivity index (χ4v) is 5.11. The Morgan fingerprint density at radius 3 is 1.86 bits per heavy atom. The Kier molecular flexibility index (Phi) is 8.23. The summed E-state index contributed by atoms with van der Waals surface area (Å²) in [5.41, 5.74) is -1.14. The van der Waals surface area contributed by atoms with Crippen LogP contribution in [0.5, 0.6) is 0 Å². The van der Waals surface area contributed by atoms with Crippen LogP contribution in [0.1, 0.15) is 75.7 Å². The van der Waals surface area contributed by atoms with Crippen molar-refractivity contribution in [3.8, 4) is 0 Å². The van der Waals surface area contributed by atoms with Gasteiger partial charge in [0.1, 0.15) is 17.2 Å². The van der Waals surface area contributed by atoms with Crippen molar-refractivity contribution in [3.05, 3.63) is 34.9 Å². The van der Waals surface area contributed by atoms with Crippen LogP contribution in [0.4, 0.5) is 17.6 Å². The van der Waals surface area contributed by atoms with Crippen LogP contribution < -0.4 is 0 Å². The molecule has 1 aliphatic carbocycles. The topological polar surface area (TPSA) is 18.5 Å². The summed E-state index contributed by atoms with van der Waals surface area (Å²) in [5, 5.41) is 0. The van der Waals surface area contributed by atoms with Crippen LogP contribution in [0, 0.1) is 29.4 Å². The van der Waals surface area contributed by atoms with Crippen LogP contribution in [0.2, 0.25) is 0 Å².